The second-order valence-corrected chi connectivity index (χ2v) is 6.25. The minimum atomic E-state index is -0.150. The first-order valence-corrected chi connectivity index (χ1v) is 8.65. The summed E-state index contributed by atoms with van der Waals surface area (Å²) in [6.45, 7) is 6.20. The molecular weight excluding hydrogens is 290 g/mol. The zero-order valence-corrected chi connectivity index (χ0v) is 14.4. The summed E-state index contributed by atoms with van der Waals surface area (Å²) in [5, 5.41) is 2.83. The Bertz CT molecular complexity index is 571. The van der Waals surface area contributed by atoms with Crippen LogP contribution in [0, 0.1) is 12.8 Å². The quantitative estimate of drug-likeness (QED) is 0.780. The van der Waals surface area contributed by atoms with E-state index < -0.39 is 0 Å². The smallest absolute Gasteiger partial charge is 0.244 e. The molecule has 0 saturated carbocycles. The minimum absolute atomic E-state index is 0.0261. The molecule has 5 nitrogen and oxygen atoms in total. The molecule has 2 heterocycles. The Hall–Kier alpha value is -1.91. The van der Waals surface area contributed by atoms with Gasteiger partial charge in [-0.15, -0.1) is 0 Å². The molecule has 1 N–H and O–H groups in total. The summed E-state index contributed by atoms with van der Waals surface area (Å²) in [7, 11) is 0. The molecule has 1 aromatic rings. The number of hydrogen-bond donors (Lipinski definition) is 1. The van der Waals surface area contributed by atoms with Gasteiger partial charge in [-0.2, -0.15) is 0 Å². The predicted molar refractivity (Wildman–Crippen MR) is 92.5 cm³/mol. The second-order valence-electron chi connectivity index (χ2n) is 6.25. The van der Waals surface area contributed by atoms with E-state index in [1.54, 1.807) is 11.1 Å². The van der Waals surface area contributed by atoms with Crippen LogP contribution in [0.15, 0.2) is 12.3 Å². The van der Waals surface area contributed by atoms with Crippen LogP contribution in [0.1, 0.15) is 57.9 Å². The van der Waals surface area contributed by atoms with Crippen LogP contribution in [0.2, 0.25) is 0 Å². The van der Waals surface area contributed by atoms with Crippen molar-refractivity contribution >= 4 is 23.3 Å². The highest BCUT2D eigenvalue weighted by Gasteiger charge is 2.32. The summed E-state index contributed by atoms with van der Waals surface area (Å²) in [6.07, 6.45) is 7.99. The molecule has 2 rings (SSSR count). The van der Waals surface area contributed by atoms with Gasteiger partial charge in [0.15, 0.2) is 5.82 Å². The number of nitrogens with zero attached hydrogens (tertiary/aromatic N) is 2. The van der Waals surface area contributed by atoms with Gasteiger partial charge in [0.05, 0.1) is 5.69 Å². The third-order valence-electron chi connectivity index (χ3n) is 4.48. The molecule has 0 spiro atoms. The normalized spacial score (nSPS) is 15.1. The van der Waals surface area contributed by atoms with Crippen molar-refractivity contribution in [1.29, 1.82) is 0 Å². The van der Waals surface area contributed by atoms with Crippen molar-refractivity contribution < 1.29 is 9.59 Å². The van der Waals surface area contributed by atoms with Crippen LogP contribution in [0.4, 0.5) is 11.5 Å². The number of hydrogen-bond acceptors (Lipinski definition) is 3. The Balaban J connectivity index is 2.15. The number of anilines is 2. The number of carbonyl (C=O) groups excluding carboxylic acids is 2. The second kappa shape index (κ2) is 8.09. The fourth-order valence-electron chi connectivity index (χ4n) is 3.02. The van der Waals surface area contributed by atoms with Gasteiger partial charge in [-0.25, -0.2) is 4.98 Å². The van der Waals surface area contributed by atoms with Crippen molar-refractivity contribution in [2.75, 3.05) is 16.8 Å². The Morgan fingerprint density at radius 2 is 2.13 bits per heavy atom. The summed E-state index contributed by atoms with van der Waals surface area (Å²) < 4.78 is 0. The van der Waals surface area contributed by atoms with E-state index in [1.165, 1.54) is 12.8 Å². The van der Waals surface area contributed by atoms with Crippen LogP contribution >= 0.6 is 0 Å². The maximum Gasteiger partial charge on any atom is 0.244 e. The summed E-state index contributed by atoms with van der Waals surface area (Å²) in [6, 6.07) is 1.84. The largest absolute Gasteiger partial charge is 0.321 e. The first kappa shape index (κ1) is 17.4. The lowest BCUT2D eigenvalue weighted by atomic mass is 9.96. The molecule has 2 amide bonds. The van der Waals surface area contributed by atoms with E-state index >= 15 is 0 Å². The predicted octanol–water partition coefficient (Wildman–Crippen LogP) is 3.67. The van der Waals surface area contributed by atoms with Crippen molar-refractivity contribution in [2.24, 2.45) is 5.92 Å². The van der Waals surface area contributed by atoms with E-state index in [2.05, 4.69) is 17.2 Å². The molecule has 0 aliphatic carbocycles. The van der Waals surface area contributed by atoms with Gasteiger partial charge in [0, 0.05) is 12.1 Å². The molecule has 1 aromatic heterocycles. The number of nitrogens with one attached hydrogen (secondary N) is 1. The van der Waals surface area contributed by atoms with Crippen LogP contribution in [-0.4, -0.2) is 23.3 Å². The van der Waals surface area contributed by atoms with Gasteiger partial charge in [0.2, 0.25) is 11.8 Å². The molecule has 23 heavy (non-hydrogen) atoms. The monoisotopic (exact) mass is 317 g/mol. The standard InChI is InChI=1S/C18H27N3O2/c1-4-6-7-8-9-14(5-2)18(23)21-12-15(22)20-16-13(3)10-11-19-17(16)21/h10-11,14H,4-9,12H2,1-3H3,(H,20,22)/t14-/m1/s1. The number of aromatic nitrogens is 1. The van der Waals surface area contributed by atoms with E-state index in [0.29, 0.717) is 11.5 Å². The van der Waals surface area contributed by atoms with Gasteiger partial charge in [0.25, 0.3) is 0 Å². The topological polar surface area (TPSA) is 62.3 Å². The lowest BCUT2D eigenvalue weighted by Gasteiger charge is -2.31. The van der Waals surface area contributed by atoms with Gasteiger partial charge < -0.3 is 5.32 Å². The molecule has 0 radical (unpaired) electrons. The SMILES string of the molecule is CCCCCC[C@@H](CC)C(=O)N1CC(=O)Nc2c(C)ccnc21. The highest BCUT2D eigenvalue weighted by atomic mass is 16.2. The van der Waals surface area contributed by atoms with Crippen LogP contribution in [-0.2, 0) is 9.59 Å². The number of aryl methyl sites for hydroxylation is 1. The zero-order chi connectivity index (χ0) is 16.8. The summed E-state index contributed by atoms with van der Waals surface area (Å²) in [5.41, 5.74) is 1.59. The Labute approximate surface area is 138 Å². The fourth-order valence-corrected chi connectivity index (χ4v) is 3.02. The van der Waals surface area contributed by atoms with Crippen LogP contribution in [0.25, 0.3) is 0 Å². The maximum absolute atomic E-state index is 12.9. The van der Waals surface area contributed by atoms with E-state index in [-0.39, 0.29) is 24.3 Å². The molecule has 0 bridgehead atoms. The van der Waals surface area contributed by atoms with Crippen molar-refractivity contribution in [2.45, 2.75) is 59.3 Å². The number of rotatable bonds is 7. The maximum atomic E-state index is 12.9. The zero-order valence-electron chi connectivity index (χ0n) is 14.4. The third-order valence-corrected chi connectivity index (χ3v) is 4.48. The fraction of sp³-hybridized carbons (Fsp3) is 0.611. The highest BCUT2D eigenvalue weighted by Crippen LogP contribution is 2.31. The molecule has 0 fully saturated rings. The number of fused-ring (bicyclic) bond motifs is 1. The van der Waals surface area contributed by atoms with E-state index in [4.69, 9.17) is 0 Å². The molecule has 1 aliphatic rings. The summed E-state index contributed by atoms with van der Waals surface area (Å²) in [5.74, 6) is 0.426. The number of pyridine rings is 1. The van der Waals surface area contributed by atoms with Gasteiger partial charge in [-0.1, -0.05) is 39.5 Å². The van der Waals surface area contributed by atoms with Gasteiger partial charge in [0.1, 0.15) is 6.54 Å². The van der Waals surface area contributed by atoms with Crippen molar-refractivity contribution in [3.63, 3.8) is 0 Å². The highest BCUT2D eigenvalue weighted by molar-refractivity contribution is 6.10. The van der Waals surface area contributed by atoms with Crippen molar-refractivity contribution in [1.82, 2.24) is 4.98 Å². The molecular formula is C18H27N3O2. The van der Waals surface area contributed by atoms with Gasteiger partial charge >= 0.3 is 0 Å². The molecule has 0 unspecified atom stereocenters. The van der Waals surface area contributed by atoms with E-state index in [9.17, 15) is 9.59 Å². The molecule has 0 saturated heterocycles. The van der Waals surface area contributed by atoms with Crippen LogP contribution in [0.5, 0.6) is 0 Å². The average molecular weight is 317 g/mol. The lowest BCUT2D eigenvalue weighted by Crippen LogP contribution is -2.45. The van der Waals surface area contributed by atoms with Gasteiger partial charge in [-0.05, 0) is 31.4 Å². The molecule has 1 aliphatic heterocycles. The van der Waals surface area contributed by atoms with E-state index in [1.807, 2.05) is 19.9 Å². The Morgan fingerprint density at radius 1 is 1.35 bits per heavy atom. The van der Waals surface area contributed by atoms with Crippen molar-refractivity contribution in [3.8, 4) is 0 Å². The Kier molecular flexibility index (Phi) is 6.13. The molecule has 5 heteroatoms. The Morgan fingerprint density at radius 3 is 2.83 bits per heavy atom. The summed E-state index contributed by atoms with van der Waals surface area (Å²) >= 11 is 0. The molecule has 0 aromatic carbocycles. The van der Waals surface area contributed by atoms with Gasteiger partial charge in [-0.3, -0.25) is 14.5 Å². The third kappa shape index (κ3) is 4.09. The van der Waals surface area contributed by atoms with Crippen molar-refractivity contribution in [3.05, 3.63) is 17.8 Å². The minimum Gasteiger partial charge on any atom is -0.321 e. The lowest BCUT2D eigenvalue weighted by molar-refractivity contribution is -0.125. The first-order valence-electron chi connectivity index (χ1n) is 8.65. The van der Waals surface area contributed by atoms with E-state index in [0.717, 1.165) is 31.2 Å². The average Bonchev–Trinajstić information content (AvgIpc) is 2.55. The van der Waals surface area contributed by atoms with Crippen LogP contribution < -0.4 is 10.2 Å². The summed E-state index contributed by atoms with van der Waals surface area (Å²) in [4.78, 5) is 30.8. The van der Waals surface area contributed by atoms with Crippen LogP contribution in [0.3, 0.4) is 0 Å². The molecule has 1 atom stereocenters. The number of unbranched alkanes of at least 4 members (excludes halogenated alkanes) is 3. The first-order chi connectivity index (χ1) is 11.1. The number of amides is 2. The molecule has 126 valence electrons. The number of carbonyl (C=O) groups is 2.